The molecule has 0 amide bonds. The molecule has 0 aliphatic rings. The van der Waals surface area contributed by atoms with Gasteiger partial charge in [0, 0.05) is 6.07 Å². The van der Waals surface area contributed by atoms with Crippen LogP contribution >= 0.6 is 0 Å². The lowest BCUT2D eigenvalue weighted by Crippen LogP contribution is -2.08. The molecule has 0 spiro atoms. The third kappa shape index (κ3) is 1.50. The number of furan rings is 1. The van der Waals surface area contributed by atoms with Crippen LogP contribution in [0, 0.1) is 0 Å². The first-order valence-corrected chi connectivity index (χ1v) is 2.79. The van der Waals surface area contributed by atoms with Gasteiger partial charge >= 0.3 is 5.97 Å². The molecule has 0 bridgehead atoms. The molecule has 1 heterocycles. The van der Waals surface area contributed by atoms with E-state index >= 15 is 0 Å². The largest absolute Gasteiger partial charge is 0.505 e. The molecule has 1 aromatic heterocycles. The van der Waals surface area contributed by atoms with Crippen LogP contribution < -0.4 is 0 Å². The average Bonchev–Trinajstić information content (AvgIpc) is 2.34. The van der Waals surface area contributed by atoms with Crippen LogP contribution in [0.25, 0.3) is 0 Å². The second kappa shape index (κ2) is 2.63. The van der Waals surface area contributed by atoms with Gasteiger partial charge < -0.3 is 19.7 Å². The smallest absolute Gasteiger partial charge is 0.340 e. The summed E-state index contributed by atoms with van der Waals surface area (Å²) >= 11 is 0. The Labute approximate surface area is 61.5 Å². The average molecular weight is 158 g/mol. The van der Waals surface area contributed by atoms with E-state index in [1.54, 1.807) is 0 Å². The van der Waals surface area contributed by atoms with Crippen molar-refractivity contribution in [1.29, 1.82) is 0 Å². The van der Waals surface area contributed by atoms with Gasteiger partial charge in [-0.15, -0.1) is 0 Å². The molecule has 0 aromatic carbocycles. The van der Waals surface area contributed by atoms with Gasteiger partial charge in [-0.25, -0.2) is 4.79 Å². The van der Waals surface area contributed by atoms with Gasteiger partial charge in [-0.05, 0) is 0 Å². The van der Waals surface area contributed by atoms with Crippen molar-refractivity contribution in [3.63, 3.8) is 0 Å². The van der Waals surface area contributed by atoms with Crippen LogP contribution in [0.3, 0.4) is 0 Å². The molecule has 0 saturated carbocycles. The number of hydrogen-bond donors (Lipinski definition) is 3. The van der Waals surface area contributed by atoms with Gasteiger partial charge in [0.25, 0.3) is 0 Å². The molecule has 0 aliphatic carbocycles. The Balaban J connectivity index is 2.84. The minimum atomic E-state index is -1.71. The zero-order valence-corrected chi connectivity index (χ0v) is 5.39. The van der Waals surface area contributed by atoms with Gasteiger partial charge in [-0.3, -0.25) is 0 Å². The van der Waals surface area contributed by atoms with Gasteiger partial charge in [0.05, 0.1) is 0 Å². The van der Waals surface area contributed by atoms with Gasteiger partial charge in [0.2, 0.25) is 6.10 Å². The molecule has 3 N–H and O–H groups in total. The van der Waals surface area contributed by atoms with Crippen molar-refractivity contribution in [1.82, 2.24) is 0 Å². The molecule has 5 nitrogen and oxygen atoms in total. The third-order valence-corrected chi connectivity index (χ3v) is 1.11. The molecule has 1 rings (SSSR count). The maximum atomic E-state index is 10.1. The summed E-state index contributed by atoms with van der Waals surface area (Å²) in [6.45, 7) is 0. The number of carboxylic acid groups (broad SMARTS) is 1. The Kier molecular flexibility index (Phi) is 1.82. The molecular weight excluding hydrogens is 152 g/mol. The summed E-state index contributed by atoms with van der Waals surface area (Å²) in [7, 11) is 0. The van der Waals surface area contributed by atoms with Crippen molar-refractivity contribution in [2.24, 2.45) is 0 Å². The summed E-state index contributed by atoms with van der Waals surface area (Å²) in [5.41, 5.74) is 0. The predicted octanol–water partition coefficient (Wildman–Crippen LogP) is 0.103. The summed E-state index contributed by atoms with van der Waals surface area (Å²) < 4.78 is 4.51. The van der Waals surface area contributed by atoms with E-state index in [0.717, 1.165) is 12.3 Å². The number of carboxylic acids is 1. The maximum absolute atomic E-state index is 10.1. The number of carbonyl (C=O) groups is 1. The normalized spacial score (nSPS) is 12.8. The summed E-state index contributed by atoms with van der Waals surface area (Å²) in [6.07, 6.45) is -0.766. The fourth-order valence-corrected chi connectivity index (χ4v) is 0.607. The van der Waals surface area contributed by atoms with Crippen LogP contribution in [0.4, 0.5) is 0 Å². The molecule has 0 fully saturated rings. The van der Waals surface area contributed by atoms with Crippen molar-refractivity contribution < 1.29 is 24.5 Å². The Hall–Kier alpha value is -1.49. The summed E-state index contributed by atoms with van der Waals surface area (Å²) in [5, 5.41) is 25.7. The topological polar surface area (TPSA) is 90.9 Å². The van der Waals surface area contributed by atoms with Gasteiger partial charge in [0.15, 0.2) is 5.75 Å². The number of aliphatic hydroxyl groups excluding tert-OH is 1. The summed E-state index contributed by atoms with van der Waals surface area (Å²) in [6, 6.07) is 1.04. The highest BCUT2D eigenvalue weighted by Gasteiger charge is 2.19. The Morgan fingerprint density at radius 1 is 1.64 bits per heavy atom. The van der Waals surface area contributed by atoms with E-state index in [-0.39, 0.29) is 11.5 Å². The van der Waals surface area contributed by atoms with Crippen LogP contribution in [0.15, 0.2) is 16.7 Å². The van der Waals surface area contributed by atoms with E-state index in [4.69, 9.17) is 15.3 Å². The predicted molar refractivity (Wildman–Crippen MR) is 33.0 cm³/mol. The third-order valence-electron chi connectivity index (χ3n) is 1.11. The van der Waals surface area contributed by atoms with Crippen LogP contribution in [-0.2, 0) is 4.79 Å². The lowest BCUT2D eigenvalue weighted by molar-refractivity contribution is -0.147. The Morgan fingerprint density at radius 2 is 2.27 bits per heavy atom. The number of rotatable bonds is 2. The maximum Gasteiger partial charge on any atom is 0.340 e. The number of hydrogen-bond acceptors (Lipinski definition) is 4. The highest BCUT2D eigenvalue weighted by atomic mass is 16.4. The van der Waals surface area contributed by atoms with E-state index < -0.39 is 12.1 Å². The lowest BCUT2D eigenvalue weighted by atomic mass is 10.3. The highest BCUT2D eigenvalue weighted by molar-refractivity contribution is 5.73. The first-order valence-electron chi connectivity index (χ1n) is 2.79. The summed E-state index contributed by atoms with van der Waals surface area (Å²) in [5.74, 6) is -1.81. The van der Waals surface area contributed by atoms with Gasteiger partial charge in [-0.2, -0.15) is 0 Å². The van der Waals surface area contributed by atoms with E-state index in [2.05, 4.69) is 4.42 Å². The standard InChI is InChI=1S/C6H6O5/c7-3-1-4(11-2-3)5(8)6(9)10/h1-2,5,7-8H,(H,9,10). The monoisotopic (exact) mass is 158 g/mol. The van der Waals surface area contributed by atoms with E-state index in [0.29, 0.717) is 0 Å². The van der Waals surface area contributed by atoms with Crippen LogP contribution in [0.5, 0.6) is 5.75 Å². The fourth-order valence-electron chi connectivity index (χ4n) is 0.607. The molecule has 0 aliphatic heterocycles. The van der Waals surface area contributed by atoms with E-state index in [9.17, 15) is 4.79 Å². The molecule has 1 aromatic rings. The van der Waals surface area contributed by atoms with Crippen molar-refractivity contribution in [2.45, 2.75) is 6.10 Å². The SMILES string of the molecule is O=C(O)C(O)c1cc(O)co1. The van der Waals surface area contributed by atoms with E-state index in [1.165, 1.54) is 0 Å². The number of aromatic hydroxyl groups is 1. The highest BCUT2D eigenvalue weighted by Crippen LogP contribution is 2.20. The van der Waals surface area contributed by atoms with Gasteiger partial charge in [0.1, 0.15) is 12.0 Å². The second-order valence-corrected chi connectivity index (χ2v) is 1.95. The minimum Gasteiger partial charge on any atom is -0.505 e. The van der Waals surface area contributed by atoms with Crippen LogP contribution in [0.1, 0.15) is 11.9 Å². The van der Waals surface area contributed by atoms with Gasteiger partial charge in [-0.1, -0.05) is 0 Å². The minimum absolute atomic E-state index is 0.185. The van der Waals surface area contributed by atoms with Crippen molar-refractivity contribution in [3.05, 3.63) is 18.1 Å². The molecule has 1 unspecified atom stereocenters. The fraction of sp³-hybridized carbons (Fsp3) is 0.167. The summed E-state index contributed by atoms with van der Waals surface area (Å²) in [4.78, 5) is 10.1. The molecule has 1 atom stereocenters. The van der Waals surface area contributed by atoms with Crippen LogP contribution in [-0.4, -0.2) is 21.3 Å². The van der Waals surface area contributed by atoms with E-state index in [1.807, 2.05) is 0 Å². The molecule has 5 heteroatoms. The number of aliphatic hydroxyl groups is 1. The van der Waals surface area contributed by atoms with Crippen molar-refractivity contribution in [3.8, 4) is 5.75 Å². The molecule has 11 heavy (non-hydrogen) atoms. The van der Waals surface area contributed by atoms with Crippen LogP contribution in [0.2, 0.25) is 0 Å². The lowest BCUT2D eigenvalue weighted by Gasteiger charge is -1.97. The Morgan fingerprint density at radius 3 is 2.64 bits per heavy atom. The zero-order valence-electron chi connectivity index (χ0n) is 5.39. The molecule has 60 valence electrons. The quantitative estimate of drug-likeness (QED) is 0.567. The first kappa shape index (κ1) is 7.62. The molecule has 0 saturated heterocycles. The first-order chi connectivity index (χ1) is 5.11. The molecular formula is C6H6O5. The number of aliphatic carboxylic acids is 1. The second-order valence-electron chi connectivity index (χ2n) is 1.95. The van der Waals surface area contributed by atoms with Crippen molar-refractivity contribution in [2.75, 3.05) is 0 Å². The molecule has 0 radical (unpaired) electrons. The zero-order chi connectivity index (χ0) is 8.43. The Bertz CT molecular complexity index is 264. The van der Waals surface area contributed by atoms with Crippen molar-refractivity contribution >= 4 is 5.97 Å².